The van der Waals surface area contributed by atoms with Gasteiger partial charge in [-0.15, -0.1) is 24.8 Å². The van der Waals surface area contributed by atoms with Gasteiger partial charge < -0.3 is 14.6 Å². The largest absolute Gasteiger partial charge is 0.340 e. The second-order valence-corrected chi connectivity index (χ2v) is 6.82. The van der Waals surface area contributed by atoms with Crippen molar-refractivity contribution in [3.63, 3.8) is 0 Å². The number of nitrogens with one attached hydrogen (secondary N) is 1. The van der Waals surface area contributed by atoms with Gasteiger partial charge in [-0.2, -0.15) is 0 Å². The highest BCUT2D eigenvalue weighted by Crippen LogP contribution is 2.17. The molecule has 0 saturated carbocycles. The number of pyridine rings is 1. The maximum Gasteiger partial charge on any atom is 0.225 e. The molecule has 26 heavy (non-hydrogen) atoms. The van der Waals surface area contributed by atoms with Crippen LogP contribution in [0.1, 0.15) is 18.5 Å². The number of hydrogen-bond acceptors (Lipinski definition) is 4. The van der Waals surface area contributed by atoms with Crippen LogP contribution in [0.4, 0.5) is 0 Å². The van der Waals surface area contributed by atoms with Crippen molar-refractivity contribution in [3.8, 4) is 0 Å². The number of rotatable bonds is 3. The van der Waals surface area contributed by atoms with Crippen LogP contribution in [0.2, 0.25) is 0 Å². The minimum Gasteiger partial charge on any atom is -0.340 e. The second kappa shape index (κ2) is 9.55. The quantitative estimate of drug-likeness (QED) is 0.854. The molecule has 144 valence electrons. The first-order valence-corrected chi connectivity index (χ1v) is 8.94. The van der Waals surface area contributed by atoms with Gasteiger partial charge in [-0.05, 0) is 38.1 Å². The Hall–Kier alpha value is -1.34. The number of imidazole rings is 1. The zero-order valence-corrected chi connectivity index (χ0v) is 16.5. The number of amides is 1. The fourth-order valence-electron chi connectivity index (χ4n) is 3.75. The molecule has 0 unspecified atom stereocenters. The van der Waals surface area contributed by atoms with Crippen LogP contribution < -0.4 is 5.32 Å². The molecular weight excluding hydrogens is 373 g/mol. The molecule has 2 aromatic rings. The minimum absolute atomic E-state index is 0. The first-order chi connectivity index (χ1) is 11.8. The summed E-state index contributed by atoms with van der Waals surface area (Å²) in [6.07, 6.45) is 6.10. The number of carbonyl (C=O) groups is 1. The van der Waals surface area contributed by atoms with E-state index in [1.54, 1.807) is 0 Å². The van der Waals surface area contributed by atoms with Crippen LogP contribution in [0, 0.1) is 5.92 Å². The van der Waals surface area contributed by atoms with Gasteiger partial charge in [-0.25, -0.2) is 4.98 Å². The van der Waals surface area contributed by atoms with Gasteiger partial charge in [0.05, 0.1) is 5.69 Å². The van der Waals surface area contributed by atoms with Gasteiger partial charge in [0.1, 0.15) is 5.65 Å². The molecule has 1 N–H and O–H groups in total. The Labute approximate surface area is 166 Å². The fourth-order valence-corrected chi connectivity index (χ4v) is 3.75. The molecule has 2 aliphatic heterocycles. The van der Waals surface area contributed by atoms with Crippen LogP contribution in [0.5, 0.6) is 0 Å². The molecular formula is C18H27Cl2N5O. The summed E-state index contributed by atoms with van der Waals surface area (Å²) in [6.45, 7) is 6.37. The number of nitrogens with zero attached hydrogens (tertiary/aromatic N) is 4. The lowest BCUT2D eigenvalue weighted by Crippen LogP contribution is -2.51. The molecule has 0 aromatic carbocycles. The molecule has 0 radical (unpaired) electrons. The van der Waals surface area contributed by atoms with Crippen LogP contribution in [-0.2, 0) is 11.3 Å². The molecule has 8 heteroatoms. The predicted octanol–water partition coefficient (Wildman–Crippen LogP) is 1.82. The molecule has 4 heterocycles. The summed E-state index contributed by atoms with van der Waals surface area (Å²) in [5, 5.41) is 3.33. The van der Waals surface area contributed by atoms with Crippen molar-refractivity contribution in [2.45, 2.75) is 19.4 Å². The average molecular weight is 400 g/mol. The van der Waals surface area contributed by atoms with Crippen molar-refractivity contribution in [2.75, 3.05) is 39.3 Å². The van der Waals surface area contributed by atoms with Gasteiger partial charge in [-0.3, -0.25) is 9.69 Å². The van der Waals surface area contributed by atoms with Crippen LogP contribution >= 0.6 is 24.8 Å². The SMILES string of the molecule is Cl.Cl.O=C(C1CCNCC1)N1CCN(Cc2cn3ccccc3n2)CC1. The van der Waals surface area contributed by atoms with E-state index >= 15 is 0 Å². The number of aromatic nitrogens is 2. The number of carbonyl (C=O) groups excluding carboxylic acids is 1. The number of piperazine rings is 1. The van der Waals surface area contributed by atoms with E-state index in [4.69, 9.17) is 0 Å². The topological polar surface area (TPSA) is 52.9 Å². The molecule has 0 spiro atoms. The van der Waals surface area contributed by atoms with E-state index in [1.165, 1.54) is 0 Å². The monoisotopic (exact) mass is 399 g/mol. The third kappa shape index (κ3) is 4.68. The van der Waals surface area contributed by atoms with E-state index in [0.29, 0.717) is 5.91 Å². The summed E-state index contributed by atoms with van der Waals surface area (Å²) in [6, 6.07) is 6.06. The van der Waals surface area contributed by atoms with Crippen LogP contribution in [0.3, 0.4) is 0 Å². The summed E-state index contributed by atoms with van der Waals surface area (Å²) in [7, 11) is 0. The lowest BCUT2D eigenvalue weighted by Gasteiger charge is -2.37. The summed E-state index contributed by atoms with van der Waals surface area (Å²) >= 11 is 0. The predicted molar refractivity (Wildman–Crippen MR) is 107 cm³/mol. The maximum atomic E-state index is 12.6. The van der Waals surface area contributed by atoms with Gasteiger partial charge in [0.25, 0.3) is 0 Å². The number of piperidine rings is 1. The van der Waals surface area contributed by atoms with Crippen LogP contribution in [-0.4, -0.2) is 64.4 Å². The molecule has 2 aromatic heterocycles. The molecule has 6 nitrogen and oxygen atoms in total. The molecule has 2 aliphatic rings. The number of halogens is 2. The normalized spacial score (nSPS) is 19.0. The first kappa shape index (κ1) is 21.0. The van der Waals surface area contributed by atoms with Crippen molar-refractivity contribution in [1.82, 2.24) is 24.5 Å². The van der Waals surface area contributed by atoms with Gasteiger partial charge >= 0.3 is 0 Å². The van der Waals surface area contributed by atoms with Gasteiger partial charge in [0, 0.05) is 51.0 Å². The third-order valence-electron chi connectivity index (χ3n) is 5.17. The van der Waals surface area contributed by atoms with E-state index in [9.17, 15) is 4.79 Å². The van der Waals surface area contributed by atoms with E-state index in [0.717, 1.165) is 70.0 Å². The van der Waals surface area contributed by atoms with Crippen molar-refractivity contribution in [2.24, 2.45) is 5.92 Å². The number of hydrogen-bond donors (Lipinski definition) is 1. The van der Waals surface area contributed by atoms with Gasteiger partial charge in [0.2, 0.25) is 5.91 Å². The standard InChI is InChI=1S/C18H25N5O.2ClH/c24-18(15-4-6-19-7-5-15)22-11-9-21(10-12-22)13-16-14-23-8-2-1-3-17(23)20-16;;/h1-3,8,14-15,19H,4-7,9-13H2;2*1H. The Bertz CT molecular complexity index is 675. The maximum absolute atomic E-state index is 12.6. The summed E-state index contributed by atoms with van der Waals surface area (Å²) < 4.78 is 2.06. The second-order valence-electron chi connectivity index (χ2n) is 6.82. The zero-order valence-electron chi connectivity index (χ0n) is 14.8. The molecule has 0 aliphatic carbocycles. The van der Waals surface area contributed by atoms with Crippen LogP contribution in [0.25, 0.3) is 5.65 Å². The lowest BCUT2D eigenvalue weighted by molar-refractivity contribution is -0.138. The van der Waals surface area contributed by atoms with Gasteiger partial charge in [0.15, 0.2) is 0 Å². The van der Waals surface area contributed by atoms with Crippen molar-refractivity contribution < 1.29 is 4.79 Å². The first-order valence-electron chi connectivity index (χ1n) is 8.94. The lowest BCUT2D eigenvalue weighted by atomic mass is 9.96. The van der Waals surface area contributed by atoms with Crippen molar-refractivity contribution in [3.05, 3.63) is 36.3 Å². The minimum atomic E-state index is 0. The smallest absolute Gasteiger partial charge is 0.225 e. The Morgan fingerprint density at radius 2 is 1.85 bits per heavy atom. The summed E-state index contributed by atoms with van der Waals surface area (Å²) in [4.78, 5) is 21.7. The zero-order chi connectivity index (χ0) is 16.4. The Morgan fingerprint density at radius 1 is 1.12 bits per heavy atom. The van der Waals surface area contributed by atoms with E-state index in [1.807, 2.05) is 24.4 Å². The third-order valence-corrected chi connectivity index (χ3v) is 5.17. The van der Waals surface area contributed by atoms with E-state index in [2.05, 4.69) is 30.7 Å². The Balaban J connectivity index is 0.00000121. The molecule has 2 saturated heterocycles. The van der Waals surface area contributed by atoms with Crippen LogP contribution in [0.15, 0.2) is 30.6 Å². The molecule has 1 amide bonds. The molecule has 0 bridgehead atoms. The molecule has 0 atom stereocenters. The highest BCUT2D eigenvalue weighted by atomic mass is 35.5. The fraction of sp³-hybridized carbons (Fsp3) is 0.556. The average Bonchev–Trinajstić information content (AvgIpc) is 3.05. The number of fused-ring (bicyclic) bond motifs is 1. The molecule has 2 fully saturated rings. The van der Waals surface area contributed by atoms with Crippen molar-refractivity contribution >= 4 is 36.4 Å². The van der Waals surface area contributed by atoms with Crippen molar-refractivity contribution in [1.29, 1.82) is 0 Å². The van der Waals surface area contributed by atoms with E-state index in [-0.39, 0.29) is 30.7 Å². The summed E-state index contributed by atoms with van der Waals surface area (Å²) in [5.74, 6) is 0.597. The Kier molecular flexibility index (Phi) is 7.70. The summed E-state index contributed by atoms with van der Waals surface area (Å²) in [5.41, 5.74) is 2.09. The molecule has 4 rings (SSSR count). The Morgan fingerprint density at radius 3 is 2.54 bits per heavy atom. The van der Waals surface area contributed by atoms with E-state index < -0.39 is 0 Å². The highest BCUT2D eigenvalue weighted by Gasteiger charge is 2.28. The highest BCUT2D eigenvalue weighted by molar-refractivity contribution is 5.85. The van der Waals surface area contributed by atoms with Gasteiger partial charge in [-0.1, -0.05) is 6.07 Å².